The SMILES string of the molecule is C=C(C)C(=C)OCc1c(F)c(F)c(NS(=O)(=O)O)c(F)c1F.C=C(C)C(=C)OCc1c(F)c(F)c(S(=O)(=O)[O-])c(F)c1F.C=C(C)C(=O)OC(CCC)C(=O)OCC(C)(F)F.C=C(C)C(=O)OCC(=O)OCC(C)(F)F.C=C(C)C(=O)OCCC(F)(F)C(C)(C)F.C=C(C)c1ccc(OCC)cc1.C=C(C)c1ccc(OCc2c(F)c(F)c(S(=O)(=O)[O-])c(F)c2F)cc1.O=S(=O)(CC(F)(F)F)[N-]S(=O)(=O)c1ccccc1. The van der Waals surface area contributed by atoms with Crippen molar-refractivity contribution >= 4 is 97.3 Å². The number of nitrogens with one attached hydrogen (secondary N) is 1. The minimum absolute atomic E-state index is 0.0558. The van der Waals surface area contributed by atoms with E-state index in [9.17, 15) is 172 Å². The van der Waals surface area contributed by atoms with E-state index in [1.807, 2.05) is 38.1 Å². The lowest BCUT2D eigenvalue weighted by Crippen LogP contribution is -2.39. The van der Waals surface area contributed by atoms with Crippen LogP contribution in [-0.4, -0.2) is 160 Å². The number of carbonyl (C=O) groups excluding carboxylic acids is 5. The van der Waals surface area contributed by atoms with Gasteiger partial charge in [0.1, 0.15) is 94.3 Å². The highest BCUT2D eigenvalue weighted by Crippen LogP contribution is 2.37. The van der Waals surface area contributed by atoms with Crippen LogP contribution in [0.2, 0.25) is 0 Å². The van der Waals surface area contributed by atoms with Crippen LogP contribution in [0.1, 0.15) is 137 Å². The molecule has 0 amide bonds. The van der Waals surface area contributed by atoms with Gasteiger partial charge in [-0.1, -0.05) is 126 Å². The Morgan fingerprint density at radius 3 is 1.10 bits per heavy atom. The molecule has 6 aromatic carbocycles. The van der Waals surface area contributed by atoms with Gasteiger partial charge in [-0.3, -0.25) is 9.27 Å². The third-order valence-corrected chi connectivity index (χ3v) is 21.8. The summed E-state index contributed by atoms with van der Waals surface area (Å²) < 4.78 is 471. The molecule has 0 aliphatic heterocycles. The summed E-state index contributed by atoms with van der Waals surface area (Å²) in [6.07, 6.45) is -6.29. The van der Waals surface area contributed by atoms with Gasteiger partial charge in [0.2, 0.25) is 0 Å². The van der Waals surface area contributed by atoms with Crippen LogP contribution >= 0.6 is 0 Å². The molecular weight excluding hydrogens is 2120 g/mol. The van der Waals surface area contributed by atoms with Crippen molar-refractivity contribution in [2.45, 2.75) is 179 Å². The number of hydrogen-bond donors (Lipinski definition) is 2. The van der Waals surface area contributed by atoms with Gasteiger partial charge in [0.15, 0.2) is 101 Å². The van der Waals surface area contributed by atoms with Gasteiger partial charge >= 0.3 is 46.3 Å². The number of carbonyl (C=O) groups is 5. The molecule has 0 aromatic heterocycles. The maximum Gasteiger partial charge on any atom is 0.401 e. The summed E-state index contributed by atoms with van der Waals surface area (Å²) in [6.45, 7) is 43.2. The molecule has 0 fully saturated rings. The number of alkyl halides is 10. The van der Waals surface area contributed by atoms with Gasteiger partial charge in [0.25, 0.3) is 17.8 Å². The lowest BCUT2D eigenvalue weighted by molar-refractivity contribution is -0.172. The fraction of sp³-hybridized carbons (Fsp3) is 0.344. The Bertz CT molecular complexity index is 6230. The zero-order valence-corrected chi connectivity index (χ0v) is 83.4. The van der Waals surface area contributed by atoms with Crippen LogP contribution in [0.3, 0.4) is 0 Å². The zero-order chi connectivity index (χ0) is 114. The number of sulfonamides is 2. The summed E-state index contributed by atoms with van der Waals surface area (Å²) in [5.41, 5.74) is -3.01. The first-order chi connectivity index (χ1) is 66.2. The molecule has 0 spiro atoms. The van der Waals surface area contributed by atoms with Gasteiger partial charge in [-0.05, 0) is 134 Å². The largest absolute Gasteiger partial charge is 0.744 e. The van der Waals surface area contributed by atoms with Gasteiger partial charge in [-0.2, -0.15) is 21.6 Å². The molecular formula is C90H97F22N2O27S5-3. The lowest BCUT2D eigenvalue weighted by Gasteiger charge is -2.26. The van der Waals surface area contributed by atoms with Gasteiger partial charge < -0.3 is 55.9 Å². The van der Waals surface area contributed by atoms with Gasteiger partial charge in [0.05, 0.1) is 39.9 Å². The number of hydrogen-bond acceptors (Lipinski definition) is 26. The predicted molar refractivity (Wildman–Crippen MR) is 481 cm³/mol. The first kappa shape index (κ1) is 135. The fourth-order valence-electron chi connectivity index (χ4n) is 8.80. The Labute approximate surface area is 825 Å². The van der Waals surface area contributed by atoms with Crippen molar-refractivity contribution in [3.8, 4) is 11.5 Å². The second kappa shape index (κ2) is 58.7. The Hall–Kier alpha value is -12.6. The van der Waals surface area contributed by atoms with E-state index < -0.39 is 281 Å². The highest BCUT2D eigenvalue weighted by molar-refractivity contribution is 8.12. The number of benzene rings is 6. The molecule has 2 N–H and O–H groups in total. The maximum atomic E-state index is 13.8. The minimum Gasteiger partial charge on any atom is -0.744 e. The van der Waals surface area contributed by atoms with E-state index in [1.165, 1.54) is 70.5 Å². The van der Waals surface area contributed by atoms with Gasteiger partial charge in [-0.25, -0.2) is 141 Å². The highest BCUT2D eigenvalue weighted by Gasteiger charge is 2.47. The molecule has 0 saturated carbocycles. The Morgan fingerprint density at radius 1 is 0.438 bits per heavy atom. The summed E-state index contributed by atoms with van der Waals surface area (Å²) in [6, 6.07) is 20.2. The molecule has 1 atom stereocenters. The third kappa shape index (κ3) is 49.5. The molecule has 6 rings (SSSR count). The van der Waals surface area contributed by atoms with Crippen LogP contribution in [0.4, 0.5) is 102 Å². The summed E-state index contributed by atoms with van der Waals surface area (Å²) >= 11 is 0. The molecule has 0 saturated heterocycles. The number of ether oxygens (including phenoxy) is 9. The molecule has 29 nitrogen and oxygen atoms in total. The summed E-state index contributed by atoms with van der Waals surface area (Å²) in [7, 11) is -26.4. The normalized spacial score (nSPS) is 11.7. The number of rotatable bonds is 40. The standard InChI is InChI=1S/C16H12F4O4S.C12H11F4NO4S.C12H10F4O4S.C12H18F2O4.C11H14O.C10H15F3O2.C9H12F2O4.C8H7F3NO4S2/c1-8(2)9-3-5-10(6-4-9)24-7-11-12(17)14(19)16(25(21,22)23)15(20)13(11)18;1-5(2)6(3)21-4-7-8(13)10(15)12(11(16)9(7)14)17-22(18,19)20;1-5(2)6(3)20-4-7-8(13)10(15)12(21(17,18)19)11(16)9(7)14;1-5-6-9(18-10(15)8(2)3)11(16)17-7-12(4,13)14;1-4-12-11-7-5-10(6-8-11)9(2)3;1-7(2)8(14)15-6-5-10(12,13)9(3,4)11;1-6(2)8(13)14-4-7(12)15-5-9(3,10)11;9-8(10,11)6-17(13,14)12-18(15,16)7-4-2-1-3-5-7/h3-6H,1,7H2,2H3,(H,21,22,23);17H,1,3-4H2,2H3,(H,18,19,20);1,3-4H2,2H3,(H,17,18,19);9H,2,5-7H2,1,3-4H3;5-8H,2,4H2,1,3H3;1,5-6H2,2-4H3;1,4-5H2,2-3H3;1-5H,6H2/q;;;;;;;-1/p-2. The predicted octanol–water partition coefficient (Wildman–Crippen LogP) is 21.0. The van der Waals surface area contributed by atoms with Crippen LogP contribution in [0.5, 0.6) is 11.5 Å². The van der Waals surface area contributed by atoms with Gasteiger partial charge in [0, 0.05) is 41.9 Å². The van der Waals surface area contributed by atoms with E-state index in [2.05, 4.69) is 82.3 Å². The quantitative estimate of drug-likeness (QED) is 0.00527. The fourth-order valence-corrected chi connectivity index (χ4v) is 13.1. The summed E-state index contributed by atoms with van der Waals surface area (Å²) in [5.74, 6) is -40.4. The Balaban J connectivity index is 0. The second-order valence-electron chi connectivity index (χ2n) is 30.3. The minimum atomic E-state index is -5.74. The lowest BCUT2D eigenvalue weighted by atomic mass is 10.0. The van der Waals surface area contributed by atoms with E-state index >= 15 is 0 Å². The monoisotopic (exact) mass is 2220 g/mol. The Morgan fingerprint density at radius 2 is 0.788 bits per heavy atom. The molecule has 0 aliphatic rings. The van der Waals surface area contributed by atoms with Crippen molar-refractivity contribution in [2.24, 2.45) is 0 Å². The van der Waals surface area contributed by atoms with E-state index in [4.69, 9.17) is 28.2 Å². The smallest absolute Gasteiger partial charge is 0.401 e. The van der Waals surface area contributed by atoms with Gasteiger partial charge in [-0.15, -0.1) is 0 Å². The van der Waals surface area contributed by atoms with Crippen molar-refractivity contribution in [2.75, 3.05) is 43.5 Å². The van der Waals surface area contributed by atoms with E-state index in [0.717, 1.165) is 53.2 Å². The highest BCUT2D eigenvalue weighted by atomic mass is 32.3. The summed E-state index contributed by atoms with van der Waals surface area (Å²) in [5, 5.41) is 0. The van der Waals surface area contributed by atoms with Crippen molar-refractivity contribution in [1.82, 2.24) is 0 Å². The van der Waals surface area contributed by atoms with Crippen LogP contribution in [0.25, 0.3) is 15.3 Å². The van der Waals surface area contributed by atoms with Crippen LogP contribution in [0.15, 0.2) is 192 Å². The zero-order valence-electron chi connectivity index (χ0n) is 79.3. The van der Waals surface area contributed by atoms with Crippen LogP contribution < -0.4 is 14.2 Å². The molecule has 6 aromatic rings. The number of anilines is 1. The number of esters is 5. The van der Waals surface area contributed by atoms with Crippen LogP contribution in [0, 0.1) is 69.8 Å². The molecule has 146 heavy (non-hydrogen) atoms. The average molecular weight is 2220 g/mol. The third-order valence-electron chi connectivity index (χ3n) is 16.3. The average Bonchev–Trinajstić information content (AvgIpc) is 0.772. The molecule has 0 bridgehead atoms. The van der Waals surface area contributed by atoms with Crippen molar-refractivity contribution in [1.29, 1.82) is 0 Å². The van der Waals surface area contributed by atoms with E-state index in [0.29, 0.717) is 38.0 Å². The molecule has 56 heteroatoms. The van der Waals surface area contributed by atoms with E-state index in [-0.39, 0.29) is 40.4 Å². The number of allylic oxidation sites excluding steroid dienone is 4. The summed E-state index contributed by atoms with van der Waals surface area (Å²) in [4.78, 5) is 50.2. The van der Waals surface area contributed by atoms with E-state index in [1.54, 1.807) is 26.0 Å². The molecule has 0 aliphatic carbocycles. The van der Waals surface area contributed by atoms with Crippen molar-refractivity contribution < 1.29 is 219 Å². The first-order valence-corrected chi connectivity index (χ1v) is 47.4. The van der Waals surface area contributed by atoms with Crippen molar-refractivity contribution in [3.63, 3.8) is 0 Å². The number of nitrogens with zero attached hydrogens (tertiary/aromatic N) is 1. The molecule has 0 radical (unpaired) electrons. The van der Waals surface area contributed by atoms with Crippen molar-refractivity contribution in [3.05, 3.63) is 279 Å². The Kier molecular flexibility index (Phi) is 54.4. The maximum absolute atomic E-state index is 13.8. The van der Waals surface area contributed by atoms with Crippen LogP contribution in [-0.2, 0) is 128 Å². The molecule has 1 unspecified atom stereocenters. The molecule has 816 valence electrons. The first-order valence-electron chi connectivity index (χ1n) is 40.1. The number of halogens is 22. The second-order valence-corrected chi connectivity index (χ2v) is 37.6. The topological polar surface area (TPSA) is 432 Å². The molecule has 0 heterocycles.